The molecule has 0 aliphatic heterocycles. The highest BCUT2D eigenvalue weighted by Crippen LogP contribution is 2.21. The topological polar surface area (TPSA) is 65.2 Å². The lowest BCUT2D eigenvalue weighted by Crippen LogP contribution is -2.28. The molecule has 1 aromatic carbocycles. The molecule has 1 amide bonds. The molecule has 0 atom stereocenters. The number of hydrogen-bond acceptors (Lipinski definition) is 4. The number of aryl methyl sites for hydroxylation is 2. The molecule has 0 bridgehead atoms. The molecule has 2 aromatic heterocycles. The smallest absolute Gasteiger partial charge is 0.273 e. The summed E-state index contributed by atoms with van der Waals surface area (Å²) < 4.78 is 8.50. The average Bonchev–Trinajstić information content (AvgIpc) is 3.19. The molecule has 26 heavy (non-hydrogen) atoms. The molecular weight excluding hydrogens is 354 g/mol. The van der Waals surface area contributed by atoms with Crippen molar-refractivity contribution in [3.05, 3.63) is 58.6 Å². The lowest BCUT2D eigenvalue weighted by molar-refractivity contribution is 0.0774. The van der Waals surface area contributed by atoms with Crippen LogP contribution < -0.4 is 4.74 Å². The van der Waals surface area contributed by atoms with Crippen LogP contribution in [-0.4, -0.2) is 44.5 Å². The first-order valence-corrected chi connectivity index (χ1v) is 8.41. The first kappa shape index (κ1) is 18.0. The van der Waals surface area contributed by atoms with Crippen molar-refractivity contribution in [1.82, 2.24) is 24.5 Å². The highest BCUT2D eigenvalue weighted by molar-refractivity contribution is 6.34. The van der Waals surface area contributed by atoms with E-state index in [9.17, 15) is 4.79 Å². The average molecular weight is 374 g/mol. The minimum absolute atomic E-state index is 0.188. The Morgan fingerprint density at radius 3 is 2.81 bits per heavy atom. The van der Waals surface area contributed by atoms with Crippen molar-refractivity contribution in [2.45, 2.75) is 13.5 Å². The largest absolute Gasteiger partial charge is 0.497 e. The predicted molar refractivity (Wildman–Crippen MR) is 98.9 cm³/mol. The maximum Gasteiger partial charge on any atom is 0.273 e. The molecule has 8 heteroatoms. The molecule has 0 unspecified atom stereocenters. The van der Waals surface area contributed by atoms with E-state index in [1.54, 1.807) is 43.9 Å². The number of benzene rings is 1. The quantitative estimate of drug-likeness (QED) is 0.689. The van der Waals surface area contributed by atoms with Gasteiger partial charge in [-0.15, -0.1) is 0 Å². The summed E-state index contributed by atoms with van der Waals surface area (Å²) in [5, 5.41) is 8.94. The number of halogens is 1. The molecule has 2 heterocycles. The van der Waals surface area contributed by atoms with Gasteiger partial charge in [-0.2, -0.15) is 10.2 Å². The lowest BCUT2D eigenvalue weighted by Gasteiger charge is -2.16. The van der Waals surface area contributed by atoms with Gasteiger partial charge in [0.15, 0.2) is 0 Å². The van der Waals surface area contributed by atoms with E-state index in [4.69, 9.17) is 16.3 Å². The minimum atomic E-state index is -0.188. The van der Waals surface area contributed by atoms with Crippen molar-refractivity contribution < 1.29 is 9.53 Å². The van der Waals surface area contributed by atoms with E-state index in [0.717, 1.165) is 17.0 Å². The molecule has 0 saturated carbocycles. The second kappa shape index (κ2) is 7.21. The molecule has 3 aromatic rings. The van der Waals surface area contributed by atoms with Gasteiger partial charge in [0, 0.05) is 38.5 Å². The van der Waals surface area contributed by atoms with E-state index in [1.807, 2.05) is 30.5 Å². The highest BCUT2D eigenvalue weighted by atomic mass is 35.5. The van der Waals surface area contributed by atoms with Crippen LogP contribution in [0.1, 0.15) is 21.7 Å². The summed E-state index contributed by atoms with van der Waals surface area (Å²) in [5.74, 6) is 0.570. The number of rotatable bonds is 5. The van der Waals surface area contributed by atoms with Crippen LogP contribution in [0.2, 0.25) is 5.02 Å². The molecule has 0 aliphatic rings. The number of carbonyl (C=O) groups excluding carboxylic acids is 1. The molecule has 0 saturated heterocycles. The zero-order valence-electron chi connectivity index (χ0n) is 15.1. The van der Waals surface area contributed by atoms with Crippen LogP contribution in [0.4, 0.5) is 0 Å². The van der Waals surface area contributed by atoms with Gasteiger partial charge in [-0.1, -0.05) is 17.7 Å². The van der Waals surface area contributed by atoms with Crippen molar-refractivity contribution in [1.29, 1.82) is 0 Å². The van der Waals surface area contributed by atoms with Gasteiger partial charge in [0.25, 0.3) is 5.91 Å². The van der Waals surface area contributed by atoms with Gasteiger partial charge in [-0.05, 0) is 19.1 Å². The number of carbonyl (C=O) groups is 1. The molecule has 0 aliphatic carbocycles. The number of amides is 1. The van der Waals surface area contributed by atoms with Crippen molar-refractivity contribution in [3.63, 3.8) is 0 Å². The Morgan fingerprint density at radius 2 is 2.15 bits per heavy atom. The van der Waals surface area contributed by atoms with Gasteiger partial charge in [0.2, 0.25) is 0 Å². The zero-order valence-corrected chi connectivity index (χ0v) is 15.9. The Labute approximate surface area is 156 Å². The van der Waals surface area contributed by atoms with Crippen LogP contribution >= 0.6 is 11.6 Å². The summed E-state index contributed by atoms with van der Waals surface area (Å²) >= 11 is 6.21. The Balaban J connectivity index is 1.77. The van der Waals surface area contributed by atoms with E-state index < -0.39 is 0 Å². The normalized spacial score (nSPS) is 10.8. The maximum absolute atomic E-state index is 12.7. The van der Waals surface area contributed by atoms with Gasteiger partial charge in [-0.25, -0.2) is 4.68 Å². The van der Waals surface area contributed by atoms with Gasteiger partial charge >= 0.3 is 0 Å². The second-order valence-electron chi connectivity index (χ2n) is 6.03. The summed E-state index contributed by atoms with van der Waals surface area (Å²) in [6.45, 7) is 2.18. The van der Waals surface area contributed by atoms with Gasteiger partial charge in [-0.3, -0.25) is 9.48 Å². The monoisotopic (exact) mass is 373 g/mol. The maximum atomic E-state index is 12.7. The Bertz CT molecular complexity index is 947. The van der Waals surface area contributed by atoms with Crippen LogP contribution in [-0.2, 0) is 13.6 Å². The van der Waals surface area contributed by atoms with Gasteiger partial charge < -0.3 is 9.64 Å². The van der Waals surface area contributed by atoms with Gasteiger partial charge in [0.05, 0.1) is 29.7 Å². The fourth-order valence-corrected chi connectivity index (χ4v) is 2.97. The third-order valence-corrected chi connectivity index (χ3v) is 4.52. The summed E-state index contributed by atoms with van der Waals surface area (Å²) in [5.41, 5.74) is 2.80. The fourth-order valence-electron chi connectivity index (χ4n) is 2.73. The minimum Gasteiger partial charge on any atom is -0.497 e. The zero-order chi connectivity index (χ0) is 18.8. The Hall–Kier alpha value is -2.80. The Morgan fingerprint density at radius 1 is 1.38 bits per heavy atom. The second-order valence-corrected chi connectivity index (χ2v) is 6.41. The van der Waals surface area contributed by atoms with Crippen LogP contribution in [0.15, 0.2) is 36.7 Å². The fraction of sp³-hybridized carbons (Fsp3) is 0.278. The third-order valence-electron chi connectivity index (χ3n) is 4.07. The van der Waals surface area contributed by atoms with Crippen LogP contribution in [0.25, 0.3) is 5.69 Å². The summed E-state index contributed by atoms with van der Waals surface area (Å²) in [7, 11) is 5.06. The first-order chi connectivity index (χ1) is 12.4. The number of ether oxygens (including phenoxy) is 1. The van der Waals surface area contributed by atoms with E-state index >= 15 is 0 Å². The van der Waals surface area contributed by atoms with Gasteiger partial charge in [0.1, 0.15) is 11.4 Å². The van der Waals surface area contributed by atoms with Crippen molar-refractivity contribution in [2.75, 3.05) is 14.2 Å². The standard InChI is InChI=1S/C18H20ClN5O2/c1-12-16(19)17(23(3)21-12)18(25)22(2)10-13-9-20-24(11-13)14-6-5-7-15(8-14)26-4/h5-9,11H,10H2,1-4H3. The van der Waals surface area contributed by atoms with E-state index in [-0.39, 0.29) is 5.91 Å². The summed E-state index contributed by atoms with van der Waals surface area (Å²) in [6.07, 6.45) is 3.62. The molecule has 0 N–H and O–H groups in total. The van der Waals surface area contributed by atoms with Crippen molar-refractivity contribution in [2.24, 2.45) is 7.05 Å². The molecule has 0 fully saturated rings. The molecule has 0 spiro atoms. The van der Waals surface area contributed by atoms with E-state index in [0.29, 0.717) is 23.0 Å². The van der Waals surface area contributed by atoms with E-state index in [2.05, 4.69) is 10.2 Å². The van der Waals surface area contributed by atoms with Crippen LogP contribution in [0.5, 0.6) is 5.75 Å². The Kier molecular flexibility index (Phi) is 4.99. The molecule has 136 valence electrons. The number of methoxy groups -OCH3 is 1. The molecule has 3 rings (SSSR count). The van der Waals surface area contributed by atoms with Crippen molar-refractivity contribution >= 4 is 17.5 Å². The number of nitrogens with zero attached hydrogens (tertiary/aromatic N) is 5. The highest BCUT2D eigenvalue weighted by Gasteiger charge is 2.22. The molecule has 0 radical (unpaired) electrons. The predicted octanol–water partition coefficient (Wildman–Crippen LogP) is 2.85. The van der Waals surface area contributed by atoms with Crippen LogP contribution in [0, 0.1) is 6.92 Å². The lowest BCUT2D eigenvalue weighted by atomic mass is 10.3. The summed E-state index contributed by atoms with van der Waals surface area (Å²) in [6, 6.07) is 7.61. The summed E-state index contributed by atoms with van der Waals surface area (Å²) in [4.78, 5) is 14.3. The number of aromatic nitrogens is 4. The first-order valence-electron chi connectivity index (χ1n) is 8.03. The number of hydrogen-bond donors (Lipinski definition) is 0. The molecule has 7 nitrogen and oxygen atoms in total. The third kappa shape index (κ3) is 3.43. The SMILES string of the molecule is COc1cccc(-n2cc(CN(C)C(=O)c3c(Cl)c(C)nn3C)cn2)c1. The van der Waals surface area contributed by atoms with E-state index in [1.165, 1.54) is 4.68 Å². The van der Waals surface area contributed by atoms with Crippen molar-refractivity contribution in [3.8, 4) is 11.4 Å². The molecular formula is C18H20ClN5O2. The van der Waals surface area contributed by atoms with Crippen LogP contribution in [0.3, 0.4) is 0 Å².